The first kappa shape index (κ1) is 11.7. The van der Waals surface area contributed by atoms with Gasteiger partial charge in [0.05, 0.1) is 0 Å². The van der Waals surface area contributed by atoms with Gasteiger partial charge < -0.3 is 0 Å². The van der Waals surface area contributed by atoms with Gasteiger partial charge in [-0.15, -0.1) is 0 Å². The number of allylic oxidation sites excluding steroid dienone is 5. The molecule has 0 aromatic heterocycles. The van der Waals surface area contributed by atoms with Crippen LogP contribution in [0.15, 0.2) is 78.4 Å². The van der Waals surface area contributed by atoms with E-state index in [1.165, 1.54) is 22.3 Å². The lowest BCUT2D eigenvalue weighted by Gasteiger charge is -2.11. The normalized spacial score (nSPS) is 15.8. The molecule has 1 aliphatic rings. The molecule has 0 spiro atoms. The van der Waals surface area contributed by atoms with Gasteiger partial charge in [0.2, 0.25) is 0 Å². The molecule has 0 amide bonds. The Labute approximate surface area is 114 Å². The topological polar surface area (TPSA) is 0 Å². The Kier molecular flexibility index (Phi) is 3.16. The predicted octanol–water partition coefficient (Wildman–Crippen LogP) is 4.73. The first-order chi connectivity index (χ1) is 9.34. The van der Waals surface area contributed by atoms with E-state index in [1.54, 1.807) is 0 Å². The molecule has 2 aromatic rings. The molecule has 0 nitrogen and oxygen atoms in total. The Balaban J connectivity index is 2.18. The number of rotatable bonds is 2. The summed E-state index contributed by atoms with van der Waals surface area (Å²) in [6.45, 7) is 2.11. The van der Waals surface area contributed by atoms with Crippen molar-refractivity contribution in [3.8, 4) is 0 Å². The van der Waals surface area contributed by atoms with E-state index in [1.807, 2.05) is 18.2 Å². The van der Waals surface area contributed by atoms with E-state index in [4.69, 9.17) is 0 Å². The van der Waals surface area contributed by atoms with Gasteiger partial charge >= 0.3 is 0 Å². The van der Waals surface area contributed by atoms with Crippen molar-refractivity contribution in [2.24, 2.45) is 0 Å². The van der Waals surface area contributed by atoms with Gasteiger partial charge in [-0.1, -0.05) is 78.4 Å². The lowest BCUT2D eigenvalue weighted by atomic mass is 9.93. The summed E-state index contributed by atoms with van der Waals surface area (Å²) in [7, 11) is 0. The van der Waals surface area contributed by atoms with Crippen LogP contribution in [0.1, 0.15) is 16.7 Å². The average Bonchev–Trinajstić information content (AvgIpc) is 2.96. The molecule has 91 valence electrons. The first-order valence-electron chi connectivity index (χ1n) is 6.48. The Morgan fingerprint density at radius 2 is 1.53 bits per heavy atom. The minimum Gasteiger partial charge on any atom is -0.0622 e. The summed E-state index contributed by atoms with van der Waals surface area (Å²) in [4.78, 5) is 0. The van der Waals surface area contributed by atoms with Crippen LogP contribution >= 0.6 is 0 Å². The minimum absolute atomic E-state index is 1.15. The van der Waals surface area contributed by atoms with Gasteiger partial charge in [0.25, 0.3) is 0 Å². The molecule has 0 saturated heterocycles. The first-order valence-corrected chi connectivity index (χ1v) is 6.48. The van der Waals surface area contributed by atoms with E-state index in [0.717, 1.165) is 5.57 Å². The monoisotopic (exact) mass is 243 g/mol. The molecule has 0 heterocycles. The summed E-state index contributed by atoms with van der Waals surface area (Å²) in [5, 5.41) is 0. The molecule has 0 unspecified atom stereocenters. The molecule has 0 fully saturated rings. The van der Waals surface area contributed by atoms with E-state index < -0.39 is 0 Å². The van der Waals surface area contributed by atoms with Crippen LogP contribution in [0.4, 0.5) is 0 Å². The fraction of sp³-hybridized carbons (Fsp3) is 0.0526. The third-order valence-electron chi connectivity index (χ3n) is 3.27. The molecule has 1 radical (unpaired) electrons. The maximum Gasteiger partial charge on any atom is -0.00326 e. The van der Waals surface area contributed by atoms with Gasteiger partial charge in [-0.05, 0) is 35.3 Å². The molecule has 0 N–H and O–H groups in total. The summed E-state index contributed by atoms with van der Waals surface area (Å²) in [5.41, 5.74) is 6.14. The third kappa shape index (κ3) is 2.43. The Bertz CT molecular complexity index is 639. The second kappa shape index (κ2) is 5.11. The average molecular weight is 243 g/mol. The summed E-state index contributed by atoms with van der Waals surface area (Å²) in [6, 6.07) is 19.2. The van der Waals surface area contributed by atoms with Crippen LogP contribution in [-0.4, -0.2) is 0 Å². The highest BCUT2D eigenvalue weighted by molar-refractivity contribution is 5.85. The van der Waals surface area contributed by atoms with Gasteiger partial charge in [-0.3, -0.25) is 0 Å². The second-order valence-electron chi connectivity index (χ2n) is 4.69. The maximum absolute atomic E-state index is 3.31. The van der Waals surface area contributed by atoms with Crippen LogP contribution in [0.2, 0.25) is 0 Å². The SMILES string of the molecule is Cc1ccc(C(=C2[C]=CC=C2)c2ccccc2)cc1. The van der Waals surface area contributed by atoms with Crippen molar-refractivity contribution in [1.82, 2.24) is 0 Å². The van der Waals surface area contributed by atoms with E-state index in [9.17, 15) is 0 Å². The molecular formula is C19H15. The van der Waals surface area contributed by atoms with Crippen LogP contribution in [0.3, 0.4) is 0 Å². The standard InChI is InChI=1S/C19H15/c1-15-11-13-18(14-12-15)19(17-9-5-6-10-17)16-7-3-2-4-8-16/h2-9,11-14H,1H3. The Morgan fingerprint density at radius 3 is 2.16 bits per heavy atom. The van der Waals surface area contributed by atoms with Crippen molar-refractivity contribution in [3.63, 3.8) is 0 Å². The van der Waals surface area contributed by atoms with Gasteiger partial charge in [0.1, 0.15) is 0 Å². The highest BCUT2D eigenvalue weighted by Crippen LogP contribution is 2.29. The largest absolute Gasteiger partial charge is 0.0622 e. The summed E-state index contributed by atoms with van der Waals surface area (Å²) in [5.74, 6) is 0. The Morgan fingerprint density at radius 1 is 0.842 bits per heavy atom. The summed E-state index contributed by atoms with van der Waals surface area (Å²) in [6.07, 6.45) is 9.42. The van der Waals surface area contributed by atoms with Gasteiger partial charge in [0.15, 0.2) is 0 Å². The zero-order chi connectivity index (χ0) is 13.1. The van der Waals surface area contributed by atoms with Gasteiger partial charge in [-0.2, -0.15) is 0 Å². The van der Waals surface area contributed by atoms with Crippen molar-refractivity contribution in [3.05, 3.63) is 101 Å². The maximum atomic E-state index is 3.31. The molecule has 0 heteroatoms. The van der Waals surface area contributed by atoms with E-state index in [2.05, 4.69) is 67.6 Å². The summed E-state index contributed by atoms with van der Waals surface area (Å²) >= 11 is 0. The van der Waals surface area contributed by atoms with Crippen LogP contribution in [0, 0.1) is 13.0 Å². The fourth-order valence-electron chi connectivity index (χ4n) is 2.29. The molecule has 19 heavy (non-hydrogen) atoms. The quantitative estimate of drug-likeness (QED) is 0.715. The Hall–Kier alpha value is -2.34. The number of benzene rings is 2. The van der Waals surface area contributed by atoms with Crippen LogP contribution in [0.25, 0.3) is 5.57 Å². The second-order valence-corrected chi connectivity index (χ2v) is 4.69. The molecule has 0 saturated carbocycles. The minimum atomic E-state index is 1.15. The molecule has 0 aliphatic heterocycles. The number of hydrogen-bond acceptors (Lipinski definition) is 0. The van der Waals surface area contributed by atoms with Crippen LogP contribution in [-0.2, 0) is 0 Å². The van der Waals surface area contributed by atoms with Crippen molar-refractivity contribution in [1.29, 1.82) is 0 Å². The van der Waals surface area contributed by atoms with Crippen molar-refractivity contribution >= 4 is 5.57 Å². The zero-order valence-electron chi connectivity index (χ0n) is 10.9. The van der Waals surface area contributed by atoms with E-state index in [0.29, 0.717) is 0 Å². The van der Waals surface area contributed by atoms with E-state index >= 15 is 0 Å². The number of hydrogen-bond donors (Lipinski definition) is 0. The molecule has 0 atom stereocenters. The van der Waals surface area contributed by atoms with Crippen molar-refractivity contribution in [2.75, 3.05) is 0 Å². The molecule has 3 rings (SSSR count). The van der Waals surface area contributed by atoms with Crippen molar-refractivity contribution in [2.45, 2.75) is 6.92 Å². The smallest absolute Gasteiger partial charge is 0.00326 e. The molecule has 0 bridgehead atoms. The fourth-order valence-corrected chi connectivity index (χ4v) is 2.29. The highest BCUT2D eigenvalue weighted by atomic mass is 14.1. The third-order valence-corrected chi connectivity index (χ3v) is 3.27. The highest BCUT2D eigenvalue weighted by Gasteiger charge is 2.10. The zero-order valence-corrected chi connectivity index (χ0v) is 10.9. The van der Waals surface area contributed by atoms with Crippen molar-refractivity contribution < 1.29 is 0 Å². The van der Waals surface area contributed by atoms with Crippen LogP contribution < -0.4 is 0 Å². The summed E-state index contributed by atoms with van der Waals surface area (Å²) < 4.78 is 0. The van der Waals surface area contributed by atoms with E-state index in [-0.39, 0.29) is 0 Å². The molecular weight excluding hydrogens is 228 g/mol. The van der Waals surface area contributed by atoms with Crippen LogP contribution in [0.5, 0.6) is 0 Å². The molecule has 1 aliphatic carbocycles. The molecule has 2 aromatic carbocycles. The lowest BCUT2D eigenvalue weighted by Crippen LogP contribution is -1.91. The number of aryl methyl sites for hydroxylation is 1. The van der Waals surface area contributed by atoms with Gasteiger partial charge in [-0.25, -0.2) is 0 Å². The van der Waals surface area contributed by atoms with Gasteiger partial charge in [0, 0.05) is 0 Å². The predicted molar refractivity (Wildman–Crippen MR) is 80.6 cm³/mol. The lowest BCUT2D eigenvalue weighted by molar-refractivity contribution is 1.44.